The SMILES string of the molecule is C=CN/C=C\CN. The van der Waals surface area contributed by atoms with Gasteiger partial charge in [-0.1, -0.05) is 12.7 Å². The second-order valence-electron chi connectivity index (χ2n) is 1.01. The molecule has 0 saturated carbocycles. The molecular formula is C5H10N2. The van der Waals surface area contributed by atoms with Gasteiger partial charge in [0.25, 0.3) is 0 Å². The van der Waals surface area contributed by atoms with Gasteiger partial charge in [0, 0.05) is 6.54 Å². The molecule has 0 radical (unpaired) electrons. The smallest absolute Gasteiger partial charge is 0.0124 e. The van der Waals surface area contributed by atoms with Gasteiger partial charge in [0.05, 0.1) is 0 Å². The first-order chi connectivity index (χ1) is 3.41. The van der Waals surface area contributed by atoms with Crippen molar-refractivity contribution in [1.29, 1.82) is 0 Å². The van der Waals surface area contributed by atoms with Crippen molar-refractivity contribution >= 4 is 0 Å². The second kappa shape index (κ2) is 5.24. The lowest BCUT2D eigenvalue weighted by Crippen LogP contribution is -1.96. The number of nitrogens with one attached hydrogen (secondary N) is 1. The molecule has 0 bridgehead atoms. The van der Waals surface area contributed by atoms with Crippen molar-refractivity contribution < 1.29 is 0 Å². The third-order valence-electron chi connectivity index (χ3n) is 0.468. The van der Waals surface area contributed by atoms with E-state index in [4.69, 9.17) is 5.73 Å². The predicted octanol–water partition coefficient (Wildman–Crippen LogP) is 0.192. The zero-order valence-electron chi connectivity index (χ0n) is 4.22. The summed E-state index contributed by atoms with van der Waals surface area (Å²) in [6.07, 6.45) is 5.14. The fourth-order valence-electron chi connectivity index (χ4n) is 0.204. The van der Waals surface area contributed by atoms with Crippen LogP contribution in [0.3, 0.4) is 0 Å². The minimum Gasteiger partial charge on any atom is -0.368 e. The summed E-state index contributed by atoms with van der Waals surface area (Å²) >= 11 is 0. The molecule has 0 aliphatic heterocycles. The maximum absolute atomic E-state index is 5.11. The first kappa shape index (κ1) is 6.24. The molecule has 7 heavy (non-hydrogen) atoms. The van der Waals surface area contributed by atoms with Crippen LogP contribution in [0.5, 0.6) is 0 Å². The molecule has 0 atom stereocenters. The Balaban J connectivity index is 2.92. The van der Waals surface area contributed by atoms with Crippen LogP contribution in [0.25, 0.3) is 0 Å². The minimum absolute atomic E-state index is 0.570. The van der Waals surface area contributed by atoms with Crippen molar-refractivity contribution in [2.45, 2.75) is 0 Å². The summed E-state index contributed by atoms with van der Waals surface area (Å²) in [5.74, 6) is 0. The molecule has 0 amide bonds. The van der Waals surface area contributed by atoms with Crippen LogP contribution >= 0.6 is 0 Å². The lowest BCUT2D eigenvalue weighted by Gasteiger charge is -1.82. The standard InChI is InChI=1S/C5H10N2/c1-2-7-5-3-4-6/h2-3,5,7H,1,4,6H2/b5-3-. The molecule has 0 rings (SSSR count). The van der Waals surface area contributed by atoms with Gasteiger partial charge in [-0.3, -0.25) is 0 Å². The number of hydrogen-bond donors (Lipinski definition) is 2. The zero-order valence-corrected chi connectivity index (χ0v) is 4.22. The highest BCUT2D eigenvalue weighted by Gasteiger charge is 1.59. The average Bonchev–Trinajstić information content (AvgIpc) is 1.69. The highest BCUT2D eigenvalue weighted by molar-refractivity contribution is 4.83. The van der Waals surface area contributed by atoms with E-state index in [0.29, 0.717) is 6.54 Å². The monoisotopic (exact) mass is 98.1 g/mol. The summed E-state index contributed by atoms with van der Waals surface area (Å²) in [7, 11) is 0. The van der Waals surface area contributed by atoms with E-state index in [2.05, 4.69) is 11.9 Å². The second-order valence-corrected chi connectivity index (χ2v) is 1.01. The molecular weight excluding hydrogens is 88.1 g/mol. The number of hydrogen-bond acceptors (Lipinski definition) is 2. The van der Waals surface area contributed by atoms with Crippen LogP contribution in [0.2, 0.25) is 0 Å². The van der Waals surface area contributed by atoms with Crippen molar-refractivity contribution in [3.05, 3.63) is 25.1 Å². The molecule has 0 aromatic rings. The van der Waals surface area contributed by atoms with Crippen LogP contribution in [-0.4, -0.2) is 6.54 Å². The summed E-state index contributed by atoms with van der Waals surface area (Å²) in [4.78, 5) is 0. The third-order valence-corrected chi connectivity index (χ3v) is 0.468. The van der Waals surface area contributed by atoms with Gasteiger partial charge >= 0.3 is 0 Å². The summed E-state index contributed by atoms with van der Waals surface area (Å²) in [5.41, 5.74) is 5.11. The Hall–Kier alpha value is -0.760. The summed E-state index contributed by atoms with van der Waals surface area (Å²) in [6, 6.07) is 0. The molecule has 3 N–H and O–H groups in total. The molecule has 0 aromatic heterocycles. The van der Waals surface area contributed by atoms with E-state index in [0.717, 1.165) is 0 Å². The minimum atomic E-state index is 0.570. The van der Waals surface area contributed by atoms with E-state index in [1.54, 1.807) is 12.4 Å². The highest BCUT2D eigenvalue weighted by Crippen LogP contribution is 1.59. The summed E-state index contributed by atoms with van der Waals surface area (Å²) in [6.45, 7) is 4.00. The molecule has 0 spiro atoms. The van der Waals surface area contributed by atoms with Gasteiger partial charge < -0.3 is 11.1 Å². The van der Waals surface area contributed by atoms with Crippen molar-refractivity contribution in [2.24, 2.45) is 5.73 Å². The van der Waals surface area contributed by atoms with Gasteiger partial charge in [-0.25, -0.2) is 0 Å². The van der Waals surface area contributed by atoms with Crippen molar-refractivity contribution in [3.63, 3.8) is 0 Å². The third kappa shape index (κ3) is 5.24. The summed E-state index contributed by atoms with van der Waals surface area (Å²) < 4.78 is 0. The van der Waals surface area contributed by atoms with Crippen LogP contribution < -0.4 is 11.1 Å². The zero-order chi connectivity index (χ0) is 5.54. The lowest BCUT2D eigenvalue weighted by molar-refractivity contribution is 1.16. The van der Waals surface area contributed by atoms with Gasteiger partial charge in [-0.2, -0.15) is 0 Å². The van der Waals surface area contributed by atoms with Crippen LogP contribution in [0.4, 0.5) is 0 Å². The van der Waals surface area contributed by atoms with Crippen LogP contribution in [0, 0.1) is 0 Å². The highest BCUT2D eigenvalue weighted by atomic mass is 14.8. The van der Waals surface area contributed by atoms with Crippen LogP contribution in [0.1, 0.15) is 0 Å². The van der Waals surface area contributed by atoms with Crippen molar-refractivity contribution in [2.75, 3.05) is 6.54 Å². The molecule has 0 aliphatic carbocycles. The molecule has 0 aromatic carbocycles. The molecule has 40 valence electrons. The lowest BCUT2D eigenvalue weighted by atomic mass is 10.6. The number of rotatable bonds is 3. The Labute approximate surface area is 43.7 Å². The van der Waals surface area contributed by atoms with E-state index >= 15 is 0 Å². The Morgan fingerprint density at radius 1 is 1.71 bits per heavy atom. The van der Waals surface area contributed by atoms with Crippen LogP contribution in [0.15, 0.2) is 25.1 Å². The topological polar surface area (TPSA) is 38.0 Å². The van der Waals surface area contributed by atoms with Gasteiger partial charge in [0.2, 0.25) is 0 Å². The quantitative estimate of drug-likeness (QED) is 0.529. The Kier molecular flexibility index (Phi) is 4.67. The Morgan fingerprint density at radius 2 is 2.43 bits per heavy atom. The van der Waals surface area contributed by atoms with Gasteiger partial charge in [-0.15, -0.1) is 0 Å². The normalized spacial score (nSPS) is 9.29. The fraction of sp³-hybridized carbons (Fsp3) is 0.200. The van der Waals surface area contributed by atoms with E-state index in [9.17, 15) is 0 Å². The predicted molar refractivity (Wildman–Crippen MR) is 31.5 cm³/mol. The van der Waals surface area contributed by atoms with Crippen molar-refractivity contribution in [1.82, 2.24) is 5.32 Å². The first-order valence-corrected chi connectivity index (χ1v) is 2.14. The van der Waals surface area contributed by atoms with E-state index < -0.39 is 0 Å². The largest absolute Gasteiger partial charge is 0.368 e. The van der Waals surface area contributed by atoms with Crippen LogP contribution in [-0.2, 0) is 0 Å². The Bertz CT molecular complexity index is 66.5. The average molecular weight is 98.1 g/mol. The molecule has 0 aliphatic rings. The van der Waals surface area contributed by atoms with Gasteiger partial charge in [-0.05, 0) is 12.4 Å². The van der Waals surface area contributed by atoms with Gasteiger partial charge in [0.15, 0.2) is 0 Å². The molecule has 0 fully saturated rings. The molecule has 0 heterocycles. The maximum atomic E-state index is 5.11. The summed E-state index contributed by atoms with van der Waals surface area (Å²) in [5, 5.41) is 2.75. The van der Waals surface area contributed by atoms with E-state index in [1.807, 2.05) is 6.08 Å². The first-order valence-electron chi connectivity index (χ1n) is 2.14. The van der Waals surface area contributed by atoms with Gasteiger partial charge in [0.1, 0.15) is 0 Å². The molecule has 2 nitrogen and oxygen atoms in total. The Morgan fingerprint density at radius 3 is 2.86 bits per heavy atom. The van der Waals surface area contributed by atoms with E-state index in [1.165, 1.54) is 0 Å². The molecule has 0 unspecified atom stereocenters. The molecule has 0 saturated heterocycles. The molecule has 2 heteroatoms. The maximum Gasteiger partial charge on any atom is 0.0124 e. The van der Waals surface area contributed by atoms with Crippen molar-refractivity contribution in [3.8, 4) is 0 Å². The van der Waals surface area contributed by atoms with E-state index in [-0.39, 0.29) is 0 Å². The fourth-order valence-corrected chi connectivity index (χ4v) is 0.204. The number of nitrogens with two attached hydrogens (primary N) is 1.